The van der Waals surface area contributed by atoms with Gasteiger partial charge in [0.05, 0.1) is 33.5 Å². The van der Waals surface area contributed by atoms with Crippen molar-refractivity contribution in [2.75, 3.05) is 73.4 Å². The molecular formula is C102H56N2O4. The van der Waals surface area contributed by atoms with Gasteiger partial charge in [-0.25, -0.2) is 0 Å². The van der Waals surface area contributed by atoms with Gasteiger partial charge in [0.1, 0.15) is 5.75 Å². The van der Waals surface area contributed by atoms with Gasteiger partial charge in [-0.2, -0.15) is 0 Å². The van der Waals surface area contributed by atoms with Gasteiger partial charge < -0.3 is 18.9 Å². The summed E-state index contributed by atoms with van der Waals surface area (Å²) < 4.78 is 21.6. The Morgan fingerprint density at radius 3 is 0.704 bits per heavy atom. The van der Waals surface area contributed by atoms with Crippen LogP contribution < -0.4 is 4.74 Å². The molecule has 2 atom stereocenters. The van der Waals surface area contributed by atoms with Crippen LogP contribution in [0.15, 0.2) is 48.5 Å². The monoisotopic (exact) mass is 1370 g/mol. The molecule has 0 bridgehead atoms. The van der Waals surface area contributed by atoms with Crippen LogP contribution in [0, 0.1) is 422 Å². The molecule has 0 aliphatic carbocycles. The van der Waals surface area contributed by atoms with E-state index in [-0.39, 0.29) is 0 Å². The maximum Gasteiger partial charge on any atom is 0.123 e. The highest BCUT2D eigenvalue weighted by Gasteiger charge is 2.18. The first-order chi connectivity index (χ1) is 53.4. The molecule has 6 nitrogen and oxygen atoms in total. The Labute approximate surface area is 644 Å². The molecule has 0 aliphatic heterocycles. The summed E-state index contributed by atoms with van der Waals surface area (Å²) in [5.74, 6) is 169. The number of benzene rings is 2. The third-order valence-corrected chi connectivity index (χ3v) is 11.2. The molecule has 0 aliphatic rings. The molecule has 0 N–H and O–H groups in total. The van der Waals surface area contributed by atoms with Crippen LogP contribution in [0.2, 0.25) is 0 Å². The van der Waals surface area contributed by atoms with E-state index in [1.165, 1.54) is 16.7 Å². The van der Waals surface area contributed by atoms with Gasteiger partial charge in [0.15, 0.2) is 0 Å². The Balaban J connectivity index is 0.00000240. The van der Waals surface area contributed by atoms with E-state index in [2.05, 4.69) is 490 Å². The van der Waals surface area contributed by atoms with E-state index in [9.17, 15) is 0 Å². The van der Waals surface area contributed by atoms with E-state index >= 15 is 0 Å². The summed E-state index contributed by atoms with van der Waals surface area (Å²) >= 11 is 0. The predicted octanol–water partition coefficient (Wildman–Crippen LogP) is 6.91. The van der Waals surface area contributed by atoms with Gasteiger partial charge in [-0.1, -0.05) is 63.2 Å². The topological polar surface area (TPSA) is 43.4 Å². The van der Waals surface area contributed by atoms with Crippen molar-refractivity contribution in [1.29, 1.82) is 0 Å². The lowest BCUT2D eigenvalue weighted by Gasteiger charge is -2.29. The van der Waals surface area contributed by atoms with Crippen LogP contribution in [-0.4, -0.2) is 83.2 Å². The quantitative estimate of drug-likeness (QED) is 0.120. The third-order valence-electron chi connectivity index (χ3n) is 11.2. The summed E-state index contributed by atoms with van der Waals surface area (Å²) in [6.07, 6.45) is 11.0. The van der Waals surface area contributed by atoms with Crippen molar-refractivity contribution in [1.82, 2.24) is 9.80 Å². The fourth-order valence-corrected chi connectivity index (χ4v) is 6.64. The second kappa shape index (κ2) is 75.4. The molecule has 0 spiro atoms. The summed E-state index contributed by atoms with van der Waals surface area (Å²) in [4.78, 5) is 4.85. The molecule has 0 saturated carbocycles. The van der Waals surface area contributed by atoms with Crippen molar-refractivity contribution in [3.8, 4) is 421 Å². The summed E-state index contributed by atoms with van der Waals surface area (Å²) in [5.41, 5.74) is 4.00. The number of aryl methyl sites for hydroxylation is 1. The van der Waals surface area contributed by atoms with E-state index in [0.717, 1.165) is 58.2 Å². The second-order valence-electron chi connectivity index (χ2n) is 18.0. The number of para-hydroxylation sites is 1. The molecule has 0 saturated heterocycles. The molecule has 2 aromatic rings. The number of terminal acetylenes is 2. The van der Waals surface area contributed by atoms with Gasteiger partial charge in [0.25, 0.3) is 0 Å². The Morgan fingerprint density at radius 2 is 0.491 bits per heavy atom. The minimum Gasteiger partial charge on any atom is -0.496 e. The van der Waals surface area contributed by atoms with E-state index in [1.807, 2.05) is 12.1 Å². The first-order valence-corrected chi connectivity index (χ1v) is 31.6. The van der Waals surface area contributed by atoms with Crippen molar-refractivity contribution in [3.63, 3.8) is 0 Å². The van der Waals surface area contributed by atoms with E-state index < -0.39 is 0 Å². The van der Waals surface area contributed by atoms with Crippen LogP contribution in [0.4, 0.5) is 0 Å². The molecule has 0 radical (unpaired) electrons. The molecule has 2 aromatic carbocycles. The zero-order chi connectivity index (χ0) is 78.3. The maximum atomic E-state index is 5.58. The first-order valence-electron chi connectivity index (χ1n) is 31.6. The smallest absolute Gasteiger partial charge is 0.123 e. The van der Waals surface area contributed by atoms with Crippen molar-refractivity contribution >= 4 is 0 Å². The minimum absolute atomic E-state index is 0.339. The van der Waals surface area contributed by atoms with Crippen LogP contribution in [-0.2, 0) is 14.2 Å². The maximum absolute atomic E-state index is 5.58. The van der Waals surface area contributed by atoms with E-state index in [0.29, 0.717) is 25.3 Å². The Morgan fingerprint density at radius 1 is 0.278 bits per heavy atom. The average molecular weight is 1370 g/mol. The zero-order valence-electron chi connectivity index (χ0n) is 60.5. The molecule has 0 fully saturated rings. The summed E-state index contributed by atoms with van der Waals surface area (Å²) in [7, 11) is 3.42. The molecule has 2 unspecified atom stereocenters. The summed E-state index contributed by atoms with van der Waals surface area (Å²) in [6, 6.07) is 17.6. The molecule has 0 heterocycles. The lowest BCUT2D eigenvalue weighted by Crippen LogP contribution is -2.31. The van der Waals surface area contributed by atoms with Gasteiger partial charge in [-0.05, 0) is 152 Å². The Hall–Kier alpha value is -17.4. The normalized spacial score (nSPS) is 7.04. The van der Waals surface area contributed by atoms with E-state index in [4.69, 9.17) is 31.8 Å². The molecule has 108 heavy (non-hydrogen) atoms. The molecule has 0 amide bonds. The van der Waals surface area contributed by atoms with Crippen LogP contribution in [0.5, 0.6) is 5.75 Å². The predicted molar refractivity (Wildman–Crippen MR) is 434 cm³/mol. The van der Waals surface area contributed by atoms with Gasteiger partial charge in [0, 0.05) is 352 Å². The molecule has 0 aromatic heterocycles. The average Bonchev–Trinajstić information content (AvgIpc) is 0.862. The lowest BCUT2D eigenvalue weighted by atomic mass is 10.0. The highest BCUT2D eigenvalue weighted by atomic mass is 16.5. The number of methoxy groups -OCH3 is 2. The summed E-state index contributed by atoms with van der Waals surface area (Å²) in [6.45, 7) is 20.9. The van der Waals surface area contributed by atoms with Crippen LogP contribution >= 0.6 is 0 Å². The Kier molecular flexibility index (Phi) is 63.3. The molecule has 2 rings (SSSR count). The number of hydrogen-bond donors (Lipinski definition) is 0. The third kappa shape index (κ3) is 59.9. The van der Waals surface area contributed by atoms with Gasteiger partial charge in [-0.3, -0.25) is 9.80 Å². The number of hydrogen-bond acceptors (Lipinski definition) is 6. The first kappa shape index (κ1) is 90.6. The van der Waals surface area contributed by atoms with E-state index in [1.54, 1.807) is 14.2 Å². The Bertz CT molecular complexity index is 5690. The van der Waals surface area contributed by atoms with Gasteiger partial charge in [-0.15, -0.1) is 12.8 Å². The number of likely N-dealkylation sites (N-methyl/N-ethyl adjacent to an activating group) is 2. The van der Waals surface area contributed by atoms with Crippen LogP contribution in [0.3, 0.4) is 0 Å². The van der Waals surface area contributed by atoms with Crippen molar-refractivity contribution in [2.24, 2.45) is 0 Å². The fraction of sp³-hybridized carbons (Fsp3) is 0.196. The van der Waals surface area contributed by atoms with Crippen LogP contribution in [0.1, 0.15) is 69.8 Å². The number of nitrogens with zero attached hydrogens (tertiary/aromatic N) is 2. The van der Waals surface area contributed by atoms with Crippen molar-refractivity contribution in [2.45, 2.75) is 60.0 Å². The van der Waals surface area contributed by atoms with Crippen molar-refractivity contribution < 1.29 is 18.9 Å². The SMILES string of the molecule is C#CC#CC#CC#CC#CC#CC#CC#CC#CC#CC#CC#CC#CC#CC#CC#CC#CC#CC#CC#CC#CC#CC#CC#CC#CC#CC#CC#CC#CC#CC#CC#CC#CC#CC#C.CCCOCCN(CC)C(C)c1ccccc1OC.CCN(CCOCCOC)C(C)c1ccccc1C. The van der Waals surface area contributed by atoms with Gasteiger partial charge >= 0.3 is 0 Å². The molecular weight excluding hydrogens is 1320 g/mol. The molecule has 6 heteroatoms. The number of ether oxygens (including phenoxy) is 4. The van der Waals surface area contributed by atoms with Crippen LogP contribution in [0.25, 0.3) is 0 Å². The van der Waals surface area contributed by atoms with Crippen molar-refractivity contribution in [3.05, 3.63) is 65.2 Å². The largest absolute Gasteiger partial charge is 0.496 e. The highest BCUT2D eigenvalue weighted by molar-refractivity contribution is 5.53. The van der Waals surface area contributed by atoms with Gasteiger partial charge in [0.2, 0.25) is 0 Å². The number of rotatable bonds is 18. The minimum atomic E-state index is 0.339. The fourth-order valence-electron chi connectivity index (χ4n) is 6.64. The lowest BCUT2D eigenvalue weighted by molar-refractivity contribution is 0.0518. The standard InChI is InChI=1S/C70H2.2C16H27NO2/c1-3-5-7-9-11-13-15-17-19-21-23-25-27-29-31-33-35-37-39-41-43-45-47-49-51-53-55-57-59-61-63-65-67-69-70-68-66-64-62-60-58-56-54-52-50-48-46-44-42-40-38-36-34-32-30-28-26-24-22-20-18-16-14-12-10-8-6-4-2;1-5-17(10-11-19-13-12-18-4)15(3)16-9-7-6-8-14(16)2;1-5-12-19-13-11-17(6-2)14(3)15-9-7-8-10-16(15)18-4/h1-2H;6-9,15H,5,10-13H2,1-4H3;7-10,14H,5-6,11-13H2,1-4H3. The second-order valence-corrected chi connectivity index (χ2v) is 18.0. The molecule has 498 valence electrons. The summed E-state index contributed by atoms with van der Waals surface area (Å²) in [5, 5.41) is 0. The zero-order valence-corrected chi connectivity index (χ0v) is 60.5. The highest BCUT2D eigenvalue weighted by Crippen LogP contribution is 2.28.